The van der Waals surface area contributed by atoms with Gasteiger partial charge in [0.2, 0.25) is 0 Å². The van der Waals surface area contributed by atoms with Crippen molar-refractivity contribution >= 4 is 47.7 Å². The van der Waals surface area contributed by atoms with Crippen LogP contribution in [0.2, 0.25) is 0 Å². The summed E-state index contributed by atoms with van der Waals surface area (Å²) in [6.45, 7) is 4.76. The number of esters is 1. The smallest absolute Gasteiger partial charge is 0.310 e. The number of aliphatic imine (C=N–C) groups is 1. The van der Waals surface area contributed by atoms with Crippen molar-refractivity contribution in [1.29, 1.82) is 0 Å². The minimum Gasteiger partial charge on any atom is -0.466 e. The van der Waals surface area contributed by atoms with E-state index in [9.17, 15) is 14.4 Å². The Labute approximate surface area is 200 Å². The van der Waals surface area contributed by atoms with E-state index < -0.39 is 0 Å². The minimum atomic E-state index is -0.210. The molecular weight excluding hydrogens is 511 g/mol. The molecule has 0 aromatic heterocycles. The number of likely N-dealkylation sites (tertiary alicyclic amines) is 1. The molecule has 9 heteroatoms. The van der Waals surface area contributed by atoms with Gasteiger partial charge in [-0.1, -0.05) is 12.1 Å². The molecule has 31 heavy (non-hydrogen) atoms. The van der Waals surface area contributed by atoms with Crippen molar-refractivity contribution < 1.29 is 19.1 Å². The number of hydrogen-bond donors (Lipinski definition) is 1. The Morgan fingerprint density at radius 1 is 1.19 bits per heavy atom. The zero-order valence-electron chi connectivity index (χ0n) is 18.1. The SMILES string of the molecule is CCOC(=O)C1CCCN(C(=NC)NCCCCN2C(=O)c3ccccc3C2=O)C1.I. The molecule has 1 aromatic rings. The summed E-state index contributed by atoms with van der Waals surface area (Å²) in [5.41, 5.74) is 0.976. The molecule has 2 aliphatic rings. The van der Waals surface area contributed by atoms with Crippen LogP contribution in [0.15, 0.2) is 29.3 Å². The molecule has 2 aliphatic heterocycles. The molecule has 1 fully saturated rings. The van der Waals surface area contributed by atoms with E-state index >= 15 is 0 Å². The Morgan fingerprint density at radius 3 is 2.48 bits per heavy atom. The maximum Gasteiger partial charge on any atom is 0.310 e. The molecule has 0 saturated carbocycles. The van der Waals surface area contributed by atoms with Crippen molar-refractivity contribution in [3.63, 3.8) is 0 Å². The number of benzene rings is 1. The standard InChI is InChI=1S/C22H30N4O4.HI/c1-3-30-21(29)16-9-8-13-25(15-16)22(23-2)24-12-6-7-14-26-19(27)17-10-4-5-11-18(17)20(26)28;/h4-5,10-11,16H,3,6-9,12-15H2,1-2H3,(H,23,24);1H. The zero-order chi connectivity index (χ0) is 21.5. The van der Waals surface area contributed by atoms with Gasteiger partial charge in [0, 0.05) is 33.2 Å². The number of unbranched alkanes of at least 4 members (excludes halogenated alkanes) is 1. The zero-order valence-corrected chi connectivity index (χ0v) is 20.5. The summed E-state index contributed by atoms with van der Waals surface area (Å²) in [6.07, 6.45) is 3.26. The van der Waals surface area contributed by atoms with E-state index in [2.05, 4.69) is 15.2 Å². The van der Waals surface area contributed by atoms with Gasteiger partial charge >= 0.3 is 5.97 Å². The van der Waals surface area contributed by atoms with Crippen molar-refractivity contribution in [2.75, 3.05) is 39.8 Å². The van der Waals surface area contributed by atoms with Crippen LogP contribution in [0, 0.1) is 5.92 Å². The molecule has 170 valence electrons. The molecule has 1 aromatic carbocycles. The number of fused-ring (bicyclic) bond motifs is 1. The Kier molecular flexibility index (Phi) is 9.73. The number of piperidine rings is 1. The van der Waals surface area contributed by atoms with Gasteiger partial charge in [-0.05, 0) is 44.7 Å². The number of halogens is 1. The average molecular weight is 542 g/mol. The number of ether oxygens (including phenoxy) is 1. The highest BCUT2D eigenvalue weighted by molar-refractivity contribution is 14.0. The first kappa shape index (κ1) is 25.1. The van der Waals surface area contributed by atoms with Gasteiger partial charge in [0.05, 0.1) is 23.7 Å². The number of nitrogens with zero attached hydrogens (tertiary/aromatic N) is 3. The lowest BCUT2D eigenvalue weighted by molar-refractivity contribution is -0.149. The monoisotopic (exact) mass is 542 g/mol. The first-order valence-electron chi connectivity index (χ1n) is 10.6. The maximum atomic E-state index is 12.4. The van der Waals surface area contributed by atoms with Crippen LogP contribution in [0.5, 0.6) is 0 Å². The number of rotatable bonds is 7. The van der Waals surface area contributed by atoms with Crippen LogP contribution in [0.1, 0.15) is 53.3 Å². The predicted molar refractivity (Wildman–Crippen MR) is 129 cm³/mol. The van der Waals surface area contributed by atoms with Crippen LogP contribution in [0.3, 0.4) is 0 Å². The molecule has 1 atom stereocenters. The normalized spacial score (nSPS) is 18.5. The van der Waals surface area contributed by atoms with E-state index in [1.807, 2.05) is 6.92 Å². The quantitative estimate of drug-likeness (QED) is 0.142. The molecule has 3 rings (SSSR count). The Bertz CT molecular complexity index is 794. The van der Waals surface area contributed by atoms with E-state index in [0.29, 0.717) is 43.8 Å². The molecule has 8 nitrogen and oxygen atoms in total. The third-order valence-electron chi connectivity index (χ3n) is 5.52. The second kappa shape index (κ2) is 12.0. The van der Waals surface area contributed by atoms with Gasteiger partial charge in [0.15, 0.2) is 5.96 Å². The van der Waals surface area contributed by atoms with Crippen LogP contribution in [0.4, 0.5) is 0 Å². The third kappa shape index (κ3) is 5.96. The molecule has 2 heterocycles. The van der Waals surface area contributed by atoms with E-state index in [-0.39, 0.29) is 47.7 Å². The Morgan fingerprint density at radius 2 is 1.87 bits per heavy atom. The molecular formula is C22H31IN4O4. The predicted octanol–water partition coefficient (Wildman–Crippen LogP) is 2.53. The first-order chi connectivity index (χ1) is 14.6. The third-order valence-corrected chi connectivity index (χ3v) is 5.52. The molecule has 1 unspecified atom stereocenters. The Balaban J connectivity index is 0.00000341. The average Bonchev–Trinajstić information content (AvgIpc) is 3.01. The number of carbonyl (C=O) groups excluding carboxylic acids is 3. The second-order valence-electron chi connectivity index (χ2n) is 7.53. The summed E-state index contributed by atoms with van der Waals surface area (Å²) in [5.74, 6) is 0.0878. The highest BCUT2D eigenvalue weighted by Gasteiger charge is 2.34. The maximum absolute atomic E-state index is 12.4. The summed E-state index contributed by atoms with van der Waals surface area (Å²) < 4.78 is 5.16. The van der Waals surface area contributed by atoms with Crippen molar-refractivity contribution in [2.24, 2.45) is 10.9 Å². The van der Waals surface area contributed by atoms with Gasteiger partial charge in [-0.15, -0.1) is 24.0 Å². The van der Waals surface area contributed by atoms with E-state index in [4.69, 9.17) is 4.74 Å². The fraction of sp³-hybridized carbons (Fsp3) is 0.545. The number of nitrogens with one attached hydrogen (secondary N) is 1. The molecule has 0 spiro atoms. The van der Waals surface area contributed by atoms with E-state index in [1.165, 1.54) is 4.90 Å². The van der Waals surface area contributed by atoms with E-state index in [0.717, 1.165) is 31.8 Å². The van der Waals surface area contributed by atoms with Gasteiger partial charge in [-0.25, -0.2) is 0 Å². The summed E-state index contributed by atoms with van der Waals surface area (Å²) in [6, 6.07) is 6.94. The highest BCUT2D eigenvalue weighted by Crippen LogP contribution is 2.22. The summed E-state index contributed by atoms with van der Waals surface area (Å²) in [7, 11) is 1.73. The van der Waals surface area contributed by atoms with Crippen molar-refractivity contribution in [2.45, 2.75) is 32.6 Å². The first-order valence-corrected chi connectivity index (χ1v) is 10.6. The number of amides is 2. The number of guanidine groups is 1. The lowest BCUT2D eigenvalue weighted by atomic mass is 9.98. The van der Waals surface area contributed by atoms with Gasteiger partial charge in [-0.2, -0.15) is 0 Å². The van der Waals surface area contributed by atoms with Crippen molar-refractivity contribution in [3.05, 3.63) is 35.4 Å². The van der Waals surface area contributed by atoms with E-state index in [1.54, 1.807) is 31.3 Å². The van der Waals surface area contributed by atoms with Crippen molar-refractivity contribution in [1.82, 2.24) is 15.1 Å². The minimum absolute atomic E-state index is 0. The lowest BCUT2D eigenvalue weighted by Gasteiger charge is -2.34. The second-order valence-corrected chi connectivity index (χ2v) is 7.53. The van der Waals surface area contributed by atoms with Crippen molar-refractivity contribution in [3.8, 4) is 0 Å². The van der Waals surface area contributed by atoms with Gasteiger partial charge < -0.3 is 15.0 Å². The topological polar surface area (TPSA) is 91.3 Å². The lowest BCUT2D eigenvalue weighted by Crippen LogP contribution is -2.48. The van der Waals surface area contributed by atoms with Crippen LogP contribution in [-0.4, -0.2) is 73.4 Å². The summed E-state index contributed by atoms with van der Waals surface area (Å²) in [5, 5.41) is 3.33. The molecule has 0 aliphatic carbocycles. The summed E-state index contributed by atoms with van der Waals surface area (Å²) in [4.78, 5) is 44.6. The van der Waals surface area contributed by atoms with Crippen LogP contribution in [0.25, 0.3) is 0 Å². The number of hydrogen-bond acceptors (Lipinski definition) is 5. The molecule has 0 radical (unpaired) electrons. The van der Waals surface area contributed by atoms with Crippen LogP contribution in [-0.2, 0) is 9.53 Å². The Hall–Kier alpha value is -2.17. The number of carbonyl (C=O) groups is 3. The van der Waals surface area contributed by atoms with Crippen LogP contribution < -0.4 is 5.32 Å². The number of imide groups is 1. The highest BCUT2D eigenvalue weighted by atomic mass is 127. The molecule has 0 bridgehead atoms. The van der Waals surface area contributed by atoms with Gasteiger partial charge in [0.25, 0.3) is 11.8 Å². The molecule has 1 N–H and O–H groups in total. The van der Waals surface area contributed by atoms with Crippen LogP contribution >= 0.6 is 24.0 Å². The van der Waals surface area contributed by atoms with Gasteiger partial charge in [-0.3, -0.25) is 24.3 Å². The fourth-order valence-corrected chi connectivity index (χ4v) is 3.99. The molecule has 1 saturated heterocycles. The largest absolute Gasteiger partial charge is 0.466 e. The van der Waals surface area contributed by atoms with Gasteiger partial charge in [0.1, 0.15) is 0 Å². The molecule has 2 amide bonds. The summed E-state index contributed by atoms with van der Waals surface area (Å²) >= 11 is 0. The fourth-order valence-electron chi connectivity index (χ4n) is 3.99.